The molecule has 1 saturated carbocycles. The van der Waals surface area contributed by atoms with E-state index in [1.807, 2.05) is 25.2 Å². The van der Waals surface area contributed by atoms with E-state index in [9.17, 15) is 0 Å². The summed E-state index contributed by atoms with van der Waals surface area (Å²) in [6, 6.07) is 10.8. The monoisotopic (exact) mass is 417 g/mol. The Morgan fingerprint density at radius 1 is 1.23 bits per heavy atom. The van der Waals surface area contributed by atoms with Gasteiger partial charge >= 0.3 is 0 Å². The Kier molecular flexibility index (Phi) is 9.47. The molecule has 2 N–H and O–H groups in total. The lowest BCUT2D eigenvalue weighted by molar-refractivity contribution is 0.106. The average molecular weight is 417 g/mol. The Morgan fingerprint density at radius 3 is 2.50 bits per heavy atom. The van der Waals surface area contributed by atoms with E-state index >= 15 is 0 Å². The number of hydrogen-bond donors (Lipinski definition) is 2. The van der Waals surface area contributed by atoms with E-state index in [1.54, 1.807) is 7.11 Å². The summed E-state index contributed by atoms with van der Waals surface area (Å²) < 4.78 is 5.58. The molecule has 124 valence electrons. The van der Waals surface area contributed by atoms with Gasteiger partial charge < -0.3 is 15.4 Å². The highest BCUT2D eigenvalue weighted by molar-refractivity contribution is 14.0. The molecule has 0 heterocycles. The van der Waals surface area contributed by atoms with Crippen molar-refractivity contribution in [3.05, 3.63) is 35.9 Å². The summed E-state index contributed by atoms with van der Waals surface area (Å²) in [5.74, 6) is 0.875. The number of guanidine groups is 1. The van der Waals surface area contributed by atoms with Gasteiger partial charge in [-0.25, -0.2) is 0 Å². The zero-order valence-electron chi connectivity index (χ0n) is 13.5. The second-order valence-corrected chi connectivity index (χ2v) is 5.57. The summed E-state index contributed by atoms with van der Waals surface area (Å²) in [4.78, 5) is 4.32. The maximum atomic E-state index is 5.58. The molecule has 0 aliphatic heterocycles. The fourth-order valence-electron chi connectivity index (χ4n) is 2.83. The highest BCUT2D eigenvalue weighted by Gasteiger charge is 2.15. The van der Waals surface area contributed by atoms with Crippen molar-refractivity contribution < 1.29 is 4.74 Å². The molecule has 1 atom stereocenters. The summed E-state index contributed by atoms with van der Waals surface area (Å²) in [6.45, 7) is 0.715. The number of nitrogens with one attached hydrogen (secondary N) is 2. The summed E-state index contributed by atoms with van der Waals surface area (Å²) in [5.41, 5.74) is 1.18. The molecule has 1 unspecified atom stereocenters. The Bertz CT molecular complexity index is 433. The van der Waals surface area contributed by atoms with E-state index in [1.165, 1.54) is 37.7 Å². The van der Waals surface area contributed by atoms with Crippen LogP contribution in [0.2, 0.25) is 0 Å². The number of ether oxygens (including phenoxy) is 1. The van der Waals surface area contributed by atoms with Gasteiger partial charge in [-0.3, -0.25) is 4.99 Å². The molecule has 0 bridgehead atoms. The number of methoxy groups -OCH3 is 1. The first kappa shape index (κ1) is 19.2. The summed E-state index contributed by atoms with van der Waals surface area (Å²) >= 11 is 0. The molecule has 1 aliphatic carbocycles. The molecule has 0 radical (unpaired) electrons. The standard InChI is InChI=1S/C17H27N3O.HI/c1-18-17(20-15-11-7-4-8-12-15)19-13-16(21-2)14-9-5-3-6-10-14;/h3,5-6,9-10,15-16H,4,7-8,11-13H2,1-2H3,(H2,18,19,20);1H. The lowest BCUT2D eigenvalue weighted by Crippen LogP contribution is -2.45. The molecule has 1 aromatic carbocycles. The van der Waals surface area contributed by atoms with Crippen molar-refractivity contribution in [2.24, 2.45) is 4.99 Å². The van der Waals surface area contributed by atoms with Crippen molar-refractivity contribution in [2.45, 2.75) is 44.2 Å². The van der Waals surface area contributed by atoms with Crippen LogP contribution in [-0.2, 0) is 4.74 Å². The normalized spacial score (nSPS) is 17.5. The summed E-state index contributed by atoms with van der Waals surface area (Å²) in [7, 11) is 3.57. The maximum Gasteiger partial charge on any atom is 0.191 e. The third kappa shape index (κ3) is 6.12. The van der Waals surface area contributed by atoms with Gasteiger partial charge in [0.2, 0.25) is 0 Å². The van der Waals surface area contributed by atoms with E-state index < -0.39 is 0 Å². The van der Waals surface area contributed by atoms with Crippen LogP contribution in [0.25, 0.3) is 0 Å². The van der Waals surface area contributed by atoms with Gasteiger partial charge in [0.15, 0.2) is 5.96 Å². The van der Waals surface area contributed by atoms with Gasteiger partial charge in [0.25, 0.3) is 0 Å². The van der Waals surface area contributed by atoms with Crippen LogP contribution in [0.15, 0.2) is 35.3 Å². The van der Waals surface area contributed by atoms with Crippen LogP contribution in [0.3, 0.4) is 0 Å². The molecule has 0 saturated heterocycles. The molecule has 4 nitrogen and oxygen atoms in total. The highest BCUT2D eigenvalue weighted by atomic mass is 127. The van der Waals surface area contributed by atoms with Crippen LogP contribution < -0.4 is 10.6 Å². The molecular formula is C17H28IN3O. The van der Waals surface area contributed by atoms with Crippen molar-refractivity contribution >= 4 is 29.9 Å². The van der Waals surface area contributed by atoms with E-state index in [0.717, 1.165) is 5.96 Å². The van der Waals surface area contributed by atoms with Crippen LogP contribution in [0.4, 0.5) is 0 Å². The first-order valence-electron chi connectivity index (χ1n) is 7.88. The van der Waals surface area contributed by atoms with Crippen LogP contribution in [-0.4, -0.2) is 32.7 Å². The second-order valence-electron chi connectivity index (χ2n) is 5.57. The highest BCUT2D eigenvalue weighted by Crippen LogP contribution is 2.17. The maximum absolute atomic E-state index is 5.58. The fraction of sp³-hybridized carbons (Fsp3) is 0.588. The molecule has 1 fully saturated rings. The smallest absolute Gasteiger partial charge is 0.191 e. The van der Waals surface area contributed by atoms with E-state index in [4.69, 9.17) is 4.74 Å². The van der Waals surface area contributed by atoms with Gasteiger partial charge in [-0.05, 0) is 18.4 Å². The predicted octanol–water partition coefficient (Wildman–Crippen LogP) is 3.49. The molecule has 22 heavy (non-hydrogen) atoms. The van der Waals surface area contributed by atoms with Crippen molar-refractivity contribution in [3.8, 4) is 0 Å². The van der Waals surface area contributed by atoms with E-state index in [0.29, 0.717) is 12.6 Å². The number of aliphatic imine (C=N–C) groups is 1. The van der Waals surface area contributed by atoms with Crippen LogP contribution in [0.1, 0.15) is 43.8 Å². The van der Waals surface area contributed by atoms with Crippen LogP contribution in [0, 0.1) is 0 Å². The topological polar surface area (TPSA) is 45.7 Å². The first-order valence-corrected chi connectivity index (χ1v) is 7.88. The summed E-state index contributed by atoms with van der Waals surface area (Å²) in [6.07, 6.45) is 6.53. The average Bonchev–Trinajstić information content (AvgIpc) is 2.56. The quantitative estimate of drug-likeness (QED) is 0.438. The Balaban J connectivity index is 0.00000242. The van der Waals surface area contributed by atoms with Gasteiger partial charge in [0.05, 0.1) is 6.10 Å². The molecule has 2 rings (SSSR count). The minimum absolute atomic E-state index is 0. The van der Waals surface area contributed by atoms with Gasteiger partial charge in [-0.1, -0.05) is 49.6 Å². The van der Waals surface area contributed by atoms with Crippen LogP contribution >= 0.6 is 24.0 Å². The van der Waals surface area contributed by atoms with Gasteiger partial charge in [0, 0.05) is 26.7 Å². The Labute approximate surface area is 151 Å². The largest absolute Gasteiger partial charge is 0.375 e. The molecule has 1 aliphatic rings. The number of rotatable bonds is 5. The molecule has 0 spiro atoms. The Morgan fingerprint density at radius 2 is 1.91 bits per heavy atom. The summed E-state index contributed by atoms with van der Waals surface area (Å²) in [5, 5.41) is 6.90. The van der Waals surface area contributed by atoms with Gasteiger partial charge in [-0.15, -0.1) is 24.0 Å². The van der Waals surface area contributed by atoms with Crippen molar-refractivity contribution in [2.75, 3.05) is 20.7 Å². The van der Waals surface area contributed by atoms with Crippen LogP contribution in [0.5, 0.6) is 0 Å². The molecule has 1 aromatic rings. The second kappa shape index (κ2) is 10.8. The number of benzene rings is 1. The minimum Gasteiger partial charge on any atom is -0.375 e. The van der Waals surface area contributed by atoms with Gasteiger partial charge in [-0.2, -0.15) is 0 Å². The predicted molar refractivity (Wildman–Crippen MR) is 103 cm³/mol. The van der Waals surface area contributed by atoms with Crippen molar-refractivity contribution in [1.82, 2.24) is 10.6 Å². The first-order chi connectivity index (χ1) is 10.3. The SMILES string of the molecule is CN=C(NCC(OC)c1ccccc1)NC1CCCCC1.I. The van der Waals surface area contributed by atoms with Crippen molar-refractivity contribution in [1.29, 1.82) is 0 Å². The number of hydrogen-bond acceptors (Lipinski definition) is 2. The van der Waals surface area contributed by atoms with E-state index in [-0.39, 0.29) is 30.1 Å². The molecule has 5 heteroatoms. The van der Waals surface area contributed by atoms with E-state index in [2.05, 4.69) is 27.8 Å². The third-order valence-corrected chi connectivity index (χ3v) is 4.08. The van der Waals surface area contributed by atoms with Gasteiger partial charge in [0.1, 0.15) is 0 Å². The number of halogens is 1. The zero-order chi connectivity index (χ0) is 14.9. The zero-order valence-corrected chi connectivity index (χ0v) is 15.9. The van der Waals surface area contributed by atoms with Crippen molar-refractivity contribution in [3.63, 3.8) is 0 Å². The fourth-order valence-corrected chi connectivity index (χ4v) is 2.83. The molecule has 0 aromatic heterocycles. The molecule has 0 amide bonds. The number of nitrogens with zero attached hydrogens (tertiary/aromatic N) is 1. The lowest BCUT2D eigenvalue weighted by Gasteiger charge is -2.26. The molecular weight excluding hydrogens is 389 g/mol. The lowest BCUT2D eigenvalue weighted by atomic mass is 9.96. The minimum atomic E-state index is 0. The Hall–Kier alpha value is -0.820. The third-order valence-electron chi connectivity index (χ3n) is 4.08.